The summed E-state index contributed by atoms with van der Waals surface area (Å²) in [4.78, 5) is 17.8. The Labute approximate surface area is 200 Å². The lowest BCUT2D eigenvalue weighted by molar-refractivity contribution is 0.0941. The Morgan fingerprint density at radius 1 is 1.18 bits per heavy atom. The van der Waals surface area contributed by atoms with E-state index in [2.05, 4.69) is 10.3 Å². The highest BCUT2D eigenvalue weighted by Crippen LogP contribution is 2.32. The monoisotopic (exact) mass is 482 g/mol. The first-order valence-corrected chi connectivity index (χ1v) is 12.8. The largest absolute Gasteiger partial charge is 0.495 e. The summed E-state index contributed by atoms with van der Waals surface area (Å²) in [6, 6.07) is 13.5. The number of imidazole rings is 1. The third-order valence-corrected chi connectivity index (χ3v) is 8.31. The van der Waals surface area contributed by atoms with Gasteiger partial charge in [0.25, 0.3) is 5.91 Å². The Hall–Kier alpha value is -3.17. The summed E-state index contributed by atoms with van der Waals surface area (Å²) >= 11 is 0. The van der Waals surface area contributed by atoms with Crippen LogP contribution in [-0.4, -0.2) is 47.9 Å². The highest BCUT2D eigenvalue weighted by Gasteiger charge is 2.34. The number of nitrogens with one attached hydrogen (secondary N) is 1. The number of methoxy groups -OCH3 is 1. The van der Waals surface area contributed by atoms with Gasteiger partial charge in [-0.05, 0) is 43.5 Å². The summed E-state index contributed by atoms with van der Waals surface area (Å²) in [5, 5.41) is 3.03. The molecule has 0 aliphatic carbocycles. The van der Waals surface area contributed by atoms with Crippen LogP contribution in [0.4, 0.5) is 0 Å². The van der Waals surface area contributed by atoms with Crippen molar-refractivity contribution in [2.45, 2.75) is 43.2 Å². The van der Waals surface area contributed by atoms with Crippen molar-refractivity contribution in [2.24, 2.45) is 7.05 Å². The van der Waals surface area contributed by atoms with Crippen LogP contribution in [0.5, 0.6) is 5.75 Å². The zero-order valence-electron chi connectivity index (χ0n) is 19.6. The van der Waals surface area contributed by atoms with Crippen LogP contribution in [0.2, 0.25) is 0 Å². The first-order chi connectivity index (χ1) is 16.3. The maximum absolute atomic E-state index is 13.5. The molecule has 180 valence electrons. The molecule has 0 bridgehead atoms. The normalized spacial score (nSPS) is 17.8. The van der Waals surface area contributed by atoms with E-state index in [9.17, 15) is 13.2 Å². The fraction of sp³-hybridized carbons (Fsp3) is 0.360. The van der Waals surface area contributed by atoms with Gasteiger partial charge in [-0.25, -0.2) is 13.4 Å². The number of aryl methyl sites for hydroxylation is 1. The van der Waals surface area contributed by atoms with Gasteiger partial charge < -0.3 is 14.6 Å². The van der Waals surface area contributed by atoms with Crippen LogP contribution >= 0.6 is 0 Å². The molecule has 0 saturated carbocycles. The summed E-state index contributed by atoms with van der Waals surface area (Å²) in [7, 11) is -0.535. The molecule has 4 rings (SSSR count). The summed E-state index contributed by atoms with van der Waals surface area (Å²) < 4.78 is 35.8. The molecule has 0 radical (unpaired) electrons. The Morgan fingerprint density at radius 2 is 1.94 bits per heavy atom. The molecule has 2 aromatic carbocycles. The van der Waals surface area contributed by atoms with E-state index in [-0.39, 0.29) is 22.3 Å². The maximum Gasteiger partial charge on any atom is 0.252 e. The van der Waals surface area contributed by atoms with Crippen LogP contribution in [0.15, 0.2) is 65.8 Å². The zero-order valence-corrected chi connectivity index (χ0v) is 20.5. The molecule has 0 spiro atoms. The van der Waals surface area contributed by atoms with Gasteiger partial charge in [-0.15, -0.1) is 0 Å². The van der Waals surface area contributed by atoms with E-state index in [0.29, 0.717) is 12.4 Å². The number of nitrogens with zero attached hydrogens (tertiary/aromatic N) is 3. The number of sulfonamides is 1. The third-order valence-electron chi connectivity index (χ3n) is 6.28. The minimum absolute atomic E-state index is 0.00431. The Morgan fingerprint density at radius 3 is 2.59 bits per heavy atom. The van der Waals surface area contributed by atoms with Gasteiger partial charge in [0.1, 0.15) is 22.5 Å². The molecule has 1 saturated heterocycles. The maximum atomic E-state index is 13.5. The smallest absolute Gasteiger partial charge is 0.252 e. The summed E-state index contributed by atoms with van der Waals surface area (Å²) in [6.45, 7) is 2.37. The van der Waals surface area contributed by atoms with E-state index in [1.165, 1.54) is 23.5 Å². The number of carbonyl (C=O) groups is 1. The molecule has 0 unspecified atom stereocenters. The van der Waals surface area contributed by atoms with Crippen molar-refractivity contribution in [1.82, 2.24) is 19.2 Å². The number of ether oxygens (including phenoxy) is 1. The fourth-order valence-corrected chi connectivity index (χ4v) is 6.27. The lowest BCUT2D eigenvalue weighted by Crippen LogP contribution is -2.42. The van der Waals surface area contributed by atoms with Crippen molar-refractivity contribution in [3.05, 3.63) is 77.9 Å². The SMILES string of the molecule is COc1ccc(C(=O)N[C@H](c2ccccc2)c2nccn2C)cc1S(=O)(=O)N1CCCC[C@H]1C. The molecular weight excluding hydrogens is 452 g/mol. The number of hydrogen-bond donors (Lipinski definition) is 1. The Balaban J connectivity index is 1.69. The number of benzene rings is 2. The van der Waals surface area contributed by atoms with Crippen molar-refractivity contribution < 1.29 is 17.9 Å². The third kappa shape index (κ3) is 4.71. The molecule has 2 atom stereocenters. The fourth-order valence-electron chi connectivity index (χ4n) is 4.39. The van der Waals surface area contributed by atoms with Crippen molar-refractivity contribution >= 4 is 15.9 Å². The van der Waals surface area contributed by atoms with Crippen LogP contribution in [0, 0.1) is 0 Å². The van der Waals surface area contributed by atoms with Gasteiger partial charge in [0.15, 0.2) is 0 Å². The van der Waals surface area contributed by atoms with Gasteiger partial charge in [-0.3, -0.25) is 4.79 Å². The molecule has 34 heavy (non-hydrogen) atoms. The molecule has 8 nitrogen and oxygen atoms in total. The van der Waals surface area contributed by atoms with E-state index >= 15 is 0 Å². The second kappa shape index (κ2) is 9.99. The van der Waals surface area contributed by atoms with Crippen molar-refractivity contribution in [3.8, 4) is 5.75 Å². The highest BCUT2D eigenvalue weighted by molar-refractivity contribution is 7.89. The second-order valence-electron chi connectivity index (χ2n) is 8.54. The molecule has 1 aliphatic rings. The minimum atomic E-state index is -3.83. The van der Waals surface area contributed by atoms with Crippen molar-refractivity contribution in [3.63, 3.8) is 0 Å². The summed E-state index contributed by atoms with van der Waals surface area (Å²) in [5.41, 5.74) is 1.10. The van der Waals surface area contributed by atoms with Gasteiger partial charge in [0, 0.05) is 37.6 Å². The van der Waals surface area contributed by atoms with Crippen LogP contribution in [0.25, 0.3) is 0 Å². The number of aromatic nitrogens is 2. The van der Waals surface area contributed by atoms with Crippen LogP contribution < -0.4 is 10.1 Å². The predicted octanol–water partition coefficient (Wildman–Crippen LogP) is 3.51. The number of amides is 1. The first-order valence-electron chi connectivity index (χ1n) is 11.4. The van der Waals surface area contributed by atoms with Crippen LogP contribution in [0.3, 0.4) is 0 Å². The molecule has 1 fully saturated rings. The quantitative estimate of drug-likeness (QED) is 0.556. The number of hydrogen-bond acceptors (Lipinski definition) is 5. The average molecular weight is 483 g/mol. The van der Waals surface area contributed by atoms with Crippen molar-refractivity contribution in [2.75, 3.05) is 13.7 Å². The number of piperidine rings is 1. The molecule has 1 N–H and O–H groups in total. The van der Waals surface area contributed by atoms with Gasteiger partial charge in [-0.2, -0.15) is 4.31 Å². The molecule has 9 heteroatoms. The van der Waals surface area contributed by atoms with Crippen LogP contribution in [-0.2, 0) is 17.1 Å². The van der Waals surface area contributed by atoms with Crippen molar-refractivity contribution in [1.29, 1.82) is 0 Å². The van der Waals surface area contributed by atoms with Crippen LogP contribution in [0.1, 0.15) is 54.0 Å². The van der Waals surface area contributed by atoms with E-state index in [1.54, 1.807) is 12.3 Å². The lowest BCUT2D eigenvalue weighted by atomic mass is 10.1. The Kier molecular flexibility index (Phi) is 7.04. The van der Waals surface area contributed by atoms with E-state index in [0.717, 1.165) is 24.8 Å². The lowest BCUT2D eigenvalue weighted by Gasteiger charge is -2.32. The molecule has 1 aromatic heterocycles. The van der Waals surface area contributed by atoms with E-state index < -0.39 is 22.0 Å². The van der Waals surface area contributed by atoms with Gasteiger partial charge >= 0.3 is 0 Å². The molecule has 1 amide bonds. The molecule has 3 aromatic rings. The number of rotatable bonds is 7. The molecular formula is C25H30N4O4S. The van der Waals surface area contributed by atoms with Gasteiger partial charge in [0.2, 0.25) is 10.0 Å². The molecule has 1 aliphatic heterocycles. The molecule has 2 heterocycles. The van der Waals surface area contributed by atoms with E-state index in [4.69, 9.17) is 4.74 Å². The first kappa shape index (κ1) is 24.0. The summed E-state index contributed by atoms with van der Waals surface area (Å²) in [5.74, 6) is 0.490. The van der Waals surface area contributed by atoms with Gasteiger partial charge in [0.05, 0.1) is 7.11 Å². The zero-order chi connectivity index (χ0) is 24.3. The predicted molar refractivity (Wildman–Crippen MR) is 129 cm³/mol. The summed E-state index contributed by atoms with van der Waals surface area (Å²) in [6.07, 6.45) is 6.12. The second-order valence-corrected chi connectivity index (χ2v) is 10.4. The standard InChI is InChI=1S/C25H30N4O4S/c1-18-9-7-8-15-29(18)34(31,32)22-17-20(12-13-21(22)33-3)25(30)27-23(19-10-5-4-6-11-19)24-26-14-16-28(24)2/h4-6,10-14,16-18,23H,7-9,15H2,1-3H3,(H,27,30)/t18-,23-/m1/s1. The van der Waals surface area contributed by atoms with E-state index in [1.807, 2.05) is 55.1 Å². The minimum Gasteiger partial charge on any atom is -0.495 e. The Bertz CT molecular complexity index is 1260. The topological polar surface area (TPSA) is 93.5 Å². The van der Waals surface area contributed by atoms with Gasteiger partial charge in [-0.1, -0.05) is 36.8 Å². The highest BCUT2D eigenvalue weighted by atomic mass is 32.2. The average Bonchev–Trinajstić information content (AvgIpc) is 3.28. The number of carbonyl (C=O) groups excluding carboxylic acids is 1.